The molecule has 0 amide bonds. The average molecular weight is 235 g/mol. The molecule has 0 aliphatic heterocycles. The summed E-state index contributed by atoms with van der Waals surface area (Å²) in [6, 6.07) is 2.13. The normalized spacial score (nSPS) is 12.9. The highest BCUT2D eigenvalue weighted by atomic mass is 15.6. The number of likely N-dealkylation sites (N-methyl/N-ethyl adjacent to an activating group) is 1. The number of tetrazole rings is 1. The number of hydrogen-bond acceptors (Lipinski definition) is 5. The Balaban J connectivity index is 2.12. The van der Waals surface area contributed by atoms with Gasteiger partial charge in [-0.25, -0.2) is 0 Å². The molecule has 1 N–H and O–H groups in total. The molecule has 0 saturated heterocycles. The van der Waals surface area contributed by atoms with Crippen LogP contribution in [0.1, 0.15) is 24.5 Å². The van der Waals surface area contributed by atoms with Gasteiger partial charge in [0.05, 0.1) is 18.8 Å². The van der Waals surface area contributed by atoms with Crippen LogP contribution in [0.2, 0.25) is 0 Å². The maximum absolute atomic E-state index is 4.40. The Kier molecular flexibility index (Phi) is 3.48. The summed E-state index contributed by atoms with van der Waals surface area (Å²) < 4.78 is 1.80. The zero-order chi connectivity index (χ0) is 12.3. The van der Waals surface area contributed by atoms with Crippen molar-refractivity contribution in [3.8, 4) is 0 Å². The fraction of sp³-hybridized carbons (Fsp3) is 0.600. The predicted octanol–water partition coefficient (Wildman–Crippen LogP) is -0.163. The van der Waals surface area contributed by atoms with E-state index in [4.69, 9.17) is 0 Å². The van der Waals surface area contributed by atoms with Gasteiger partial charge in [-0.3, -0.25) is 4.68 Å². The molecule has 0 spiro atoms. The molecule has 0 aliphatic rings. The maximum Gasteiger partial charge on any atom is 0.176 e. The Morgan fingerprint density at radius 2 is 2.18 bits per heavy atom. The summed E-state index contributed by atoms with van der Waals surface area (Å²) in [5.41, 5.74) is 1.00. The minimum absolute atomic E-state index is 0.130. The second-order valence-corrected chi connectivity index (χ2v) is 3.92. The van der Waals surface area contributed by atoms with E-state index < -0.39 is 0 Å². The molecule has 0 radical (unpaired) electrons. The lowest BCUT2D eigenvalue weighted by Gasteiger charge is -2.13. The Morgan fingerprint density at radius 3 is 2.71 bits per heavy atom. The van der Waals surface area contributed by atoms with Crippen LogP contribution in [0, 0.1) is 0 Å². The van der Waals surface area contributed by atoms with Crippen LogP contribution in [-0.2, 0) is 20.5 Å². The van der Waals surface area contributed by atoms with Gasteiger partial charge in [0.2, 0.25) is 0 Å². The molecule has 2 aromatic heterocycles. The predicted molar refractivity (Wildman–Crippen MR) is 62.1 cm³/mol. The minimum atomic E-state index is 0.130. The van der Waals surface area contributed by atoms with Gasteiger partial charge in [-0.05, 0) is 17.8 Å². The van der Waals surface area contributed by atoms with E-state index in [0.29, 0.717) is 6.42 Å². The number of rotatable bonds is 5. The van der Waals surface area contributed by atoms with Gasteiger partial charge in [0.25, 0.3) is 0 Å². The van der Waals surface area contributed by atoms with Crippen molar-refractivity contribution in [3.63, 3.8) is 0 Å². The summed E-state index contributed by atoms with van der Waals surface area (Å²) in [5, 5.41) is 19.8. The van der Waals surface area contributed by atoms with Crippen molar-refractivity contribution in [2.75, 3.05) is 6.54 Å². The van der Waals surface area contributed by atoms with Crippen LogP contribution in [0.4, 0.5) is 0 Å². The number of nitrogens with zero attached hydrogens (tertiary/aromatic N) is 6. The molecule has 0 fully saturated rings. The van der Waals surface area contributed by atoms with Crippen molar-refractivity contribution < 1.29 is 0 Å². The highest BCUT2D eigenvalue weighted by molar-refractivity contribution is 5.07. The lowest BCUT2D eigenvalue weighted by Crippen LogP contribution is -2.24. The highest BCUT2D eigenvalue weighted by Crippen LogP contribution is 2.13. The van der Waals surface area contributed by atoms with Crippen molar-refractivity contribution in [2.45, 2.75) is 19.4 Å². The zero-order valence-electron chi connectivity index (χ0n) is 10.3. The van der Waals surface area contributed by atoms with Gasteiger partial charge in [0.1, 0.15) is 0 Å². The van der Waals surface area contributed by atoms with E-state index in [0.717, 1.165) is 18.1 Å². The molecule has 0 aliphatic carbocycles. The fourth-order valence-corrected chi connectivity index (χ4v) is 1.73. The van der Waals surface area contributed by atoms with Crippen LogP contribution >= 0.6 is 0 Å². The molecule has 1 unspecified atom stereocenters. The van der Waals surface area contributed by atoms with Crippen LogP contribution in [0.5, 0.6) is 0 Å². The fourth-order valence-electron chi connectivity index (χ4n) is 1.73. The van der Waals surface area contributed by atoms with Crippen LogP contribution in [0.15, 0.2) is 12.3 Å². The molecule has 0 saturated carbocycles. The second kappa shape index (κ2) is 5.05. The SMILES string of the molecule is CCNC(Cc1nnn(C)n1)c1ccn(C)n1. The number of aromatic nitrogens is 6. The Morgan fingerprint density at radius 1 is 1.35 bits per heavy atom. The van der Waals surface area contributed by atoms with Crippen molar-refractivity contribution in [3.05, 3.63) is 23.8 Å². The highest BCUT2D eigenvalue weighted by Gasteiger charge is 2.16. The smallest absolute Gasteiger partial charge is 0.176 e. The molecule has 92 valence electrons. The standard InChI is InChI=1S/C10H17N7/c1-4-11-9(8-5-6-16(2)13-8)7-10-12-15-17(3)14-10/h5-6,9,11H,4,7H2,1-3H3. The van der Waals surface area contributed by atoms with E-state index in [1.807, 2.05) is 19.3 Å². The van der Waals surface area contributed by atoms with Gasteiger partial charge in [-0.1, -0.05) is 6.92 Å². The minimum Gasteiger partial charge on any atom is -0.308 e. The van der Waals surface area contributed by atoms with E-state index in [-0.39, 0.29) is 6.04 Å². The third kappa shape index (κ3) is 2.88. The van der Waals surface area contributed by atoms with Gasteiger partial charge in [0.15, 0.2) is 5.82 Å². The number of hydrogen-bond donors (Lipinski definition) is 1. The molecule has 17 heavy (non-hydrogen) atoms. The largest absolute Gasteiger partial charge is 0.308 e. The molecule has 2 aromatic rings. The van der Waals surface area contributed by atoms with Crippen LogP contribution in [0.25, 0.3) is 0 Å². The maximum atomic E-state index is 4.40. The van der Waals surface area contributed by atoms with Gasteiger partial charge in [-0.15, -0.1) is 10.2 Å². The first-order valence-corrected chi connectivity index (χ1v) is 5.65. The van der Waals surface area contributed by atoms with Crippen molar-refractivity contribution >= 4 is 0 Å². The molecule has 7 nitrogen and oxygen atoms in total. The molecular weight excluding hydrogens is 218 g/mol. The van der Waals surface area contributed by atoms with Gasteiger partial charge >= 0.3 is 0 Å². The molecule has 0 bridgehead atoms. The summed E-state index contributed by atoms with van der Waals surface area (Å²) in [6.45, 7) is 2.95. The summed E-state index contributed by atoms with van der Waals surface area (Å²) in [5.74, 6) is 0.726. The van der Waals surface area contributed by atoms with Crippen molar-refractivity contribution in [1.82, 2.24) is 35.3 Å². The van der Waals surface area contributed by atoms with Crippen LogP contribution < -0.4 is 5.32 Å². The Bertz CT molecular complexity index is 472. The van der Waals surface area contributed by atoms with Crippen molar-refractivity contribution in [2.24, 2.45) is 14.1 Å². The van der Waals surface area contributed by atoms with E-state index in [9.17, 15) is 0 Å². The molecule has 2 heterocycles. The average Bonchev–Trinajstić information content (AvgIpc) is 2.87. The monoisotopic (exact) mass is 235 g/mol. The van der Waals surface area contributed by atoms with Crippen LogP contribution in [-0.4, -0.2) is 36.5 Å². The molecule has 7 heteroatoms. The quantitative estimate of drug-likeness (QED) is 0.779. The summed E-state index contributed by atoms with van der Waals surface area (Å²) >= 11 is 0. The van der Waals surface area contributed by atoms with E-state index in [2.05, 4.69) is 32.7 Å². The summed E-state index contributed by atoms with van der Waals surface area (Å²) in [4.78, 5) is 1.47. The first kappa shape index (κ1) is 11.7. The molecule has 2 rings (SSSR count). The first-order valence-electron chi connectivity index (χ1n) is 5.65. The Hall–Kier alpha value is -1.76. The van der Waals surface area contributed by atoms with Gasteiger partial charge in [0, 0.05) is 19.7 Å². The zero-order valence-corrected chi connectivity index (χ0v) is 10.3. The number of nitrogens with one attached hydrogen (secondary N) is 1. The second-order valence-electron chi connectivity index (χ2n) is 3.92. The lowest BCUT2D eigenvalue weighted by molar-refractivity contribution is 0.515. The molecule has 1 atom stereocenters. The topological polar surface area (TPSA) is 73.5 Å². The summed E-state index contributed by atoms with van der Waals surface area (Å²) in [7, 11) is 3.67. The Labute approximate surface area is 99.8 Å². The molecule has 0 aromatic carbocycles. The van der Waals surface area contributed by atoms with Crippen LogP contribution in [0.3, 0.4) is 0 Å². The summed E-state index contributed by atoms with van der Waals surface area (Å²) in [6.07, 6.45) is 2.63. The lowest BCUT2D eigenvalue weighted by atomic mass is 10.1. The van der Waals surface area contributed by atoms with Crippen molar-refractivity contribution in [1.29, 1.82) is 0 Å². The van der Waals surface area contributed by atoms with Gasteiger partial charge < -0.3 is 5.32 Å². The van der Waals surface area contributed by atoms with E-state index in [1.54, 1.807) is 11.7 Å². The number of aryl methyl sites for hydroxylation is 2. The van der Waals surface area contributed by atoms with E-state index >= 15 is 0 Å². The molecular formula is C10H17N7. The third-order valence-electron chi connectivity index (χ3n) is 2.48. The third-order valence-corrected chi connectivity index (χ3v) is 2.48. The first-order chi connectivity index (χ1) is 8.19. The van der Waals surface area contributed by atoms with Gasteiger partial charge in [-0.2, -0.15) is 9.90 Å². The van der Waals surface area contributed by atoms with E-state index in [1.165, 1.54) is 4.80 Å².